The summed E-state index contributed by atoms with van der Waals surface area (Å²) in [4.78, 5) is 25.5. The molecule has 0 aliphatic heterocycles. The number of anilines is 1. The van der Waals surface area contributed by atoms with Crippen molar-refractivity contribution in [2.75, 3.05) is 25.5 Å². The van der Waals surface area contributed by atoms with Gasteiger partial charge in [0.05, 0.1) is 27.3 Å². The van der Waals surface area contributed by atoms with Crippen molar-refractivity contribution < 1.29 is 14.3 Å². The second kappa shape index (κ2) is 9.46. The van der Waals surface area contributed by atoms with Crippen LogP contribution in [0.1, 0.15) is 0 Å². The van der Waals surface area contributed by atoms with E-state index in [1.54, 1.807) is 36.4 Å². The van der Waals surface area contributed by atoms with Gasteiger partial charge in [0, 0.05) is 11.5 Å². The molecule has 0 aromatic heterocycles. The summed E-state index contributed by atoms with van der Waals surface area (Å²) in [6.45, 7) is -0.435. The van der Waals surface area contributed by atoms with Crippen LogP contribution in [0.4, 0.5) is 5.69 Å². The van der Waals surface area contributed by atoms with Crippen LogP contribution in [0.15, 0.2) is 40.9 Å². The third kappa shape index (κ3) is 5.77. The van der Waals surface area contributed by atoms with Gasteiger partial charge in [0.1, 0.15) is 5.75 Å². The van der Waals surface area contributed by atoms with Crippen molar-refractivity contribution in [2.45, 2.75) is 0 Å². The third-order valence-corrected chi connectivity index (χ3v) is 4.70. The highest BCUT2D eigenvalue weighted by molar-refractivity contribution is 9.10. The molecule has 5 nitrogen and oxygen atoms in total. The Morgan fingerprint density at radius 2 is 1.77 bits per heavy atom. The molecule has 0 bridgehead atoms. The van der Waals surface area contributed by atoms with Crippen LogP contribution < -0.4 is 10.1 Å². The first-order valence-electron chi connectivity index (χ1n) is 7.33. The Bertz CT molecular complexity index is 813. The molecule has 1 N–H and O–H groups in total. The number of ether oxygens (including phenoxy) is 1. The minimum absolute atomic E-state index is 0.183. The molecule has 2 rings (SSSR count). The van der Waals surface area contributed by atoms with Crippen molar-refractivity contribution in [1.82, 2.24) is 4.90 Å². The summed E-state index contributed by atoms with van der Waals surface area (Å²) in [5.74, 6) is -0.439. The molecular weight excluding hydrogens is 466 g/mol. The Labute approximate surface area is 174 Å². The molecule has 0 fully saturated rings. The number of amides is 2. The number of carbonyl (C=O) groups is 2. The first-order chi connectivity index (χ1) is 12.3. The summed E-state index contributed by atoms with van der Waals surface area (Å²) in [5, 5.41) is 3.59. The Balaban J connectivity index is 1.89. The summed E-state index contributed by atoms with van der Waals surface area (Å²) in [5.41, 5.74) is 0.305. The second-order valence-electron chi connectivity index (χ2n) is 5.26. The maximum Gasteiger partial charge on any atom is 0.260 e. The fourth-order valence-electron chi connectivity index (χ4n) is 1.94. The zero-order valence-electron chi connectivity index (χ0n) is 13.6. The Morgan fingerprint density at radius 3 is 2.38 bits per heavy atom. The number of hydrogen-bond acceptors (Lipinski definition) is 3. The molecule has 0 aliphatic carbocycles. The fourth-order valence-corrected chi connectivity index (χ4v) is 3.16. The number of nitrogens with zero attached hydrogens (tertiary/aromatic N) is 1. The lowest BCUT2D eigenvalue weighted by atomic mass is 10.3. The molecule has 26 heavy (non-hydrogen) atoms. The van der Waals surface area contributed by atoms with E-state index >= 15 is 0 Å². The van der Waals surface area contributed by atoms with Crippen LogP contribution in [-0.4, -0.2) is 36.9 Å². The second-order valence-corrected chi connectivity index (χ2v) is 7.40. The summed E-state index contributed by atoms with van der Waals surface area (Å²) in [7, 11) is 1.49. The molecule has 0 saturated carbocycles. The highest BCUT2D eigenvalue weighted by Gasteiger charge is 2.16. The number of para-hydroxylation sites is 1. The van der Waals surface area contributed by atoms with Crippen molar-refractivity contribution >= 4 is 68.2 Å². The number of carbonyl (C=O) groups excluding carboxylic acids is 2. The van der Waals surface area contributed by atoms with E-state index in [9.17, 15) is 9.59 Å². The monoisotopic (exact) mass is 478 g/mol. The van der Waals surface area contributed by atoms with Gasteiger partial charge in [0.2, 0.25) is 5.91 Å². The predicted octanol–water partition coefficient (Wildman–Crippen LogP) is 4.89. The average molecular weight is 481 g/mol. The quantitative estimate of drug-likeness (QED) is 0.641. The molecule has 0 heterocycles. The topological polar surface area (TPSA) is 58.6 Å². The van der Waals surface area contributed by atoms with E-state index in [4.69, 9.17) is 39.5 Å². The van der Waals surface area contributed by atoms with Gasteiger partial charge in [0.15, 0.2) is 6.61 Å². The van der Waals surface area contributed by atoms with Gasteiger partial charge in [0.25, 0.3) is 5.91 Å². The maximum absolute atomic E-state index is 12.1. The Hall–Kier alpha value is -1.47. The van der Waals surface area contributed by atoms with Crippen molar-refractivity contribution in [1.29, 1.82) is 0 Å². The molecule has 0 saturated heterocycles. The zero-order chi connectivity index (χ0) is 19.3. The van der Waals surface area contributed by atoms with Gasteiger partial charge in [-0.25, -0.2) is 0 Å². The van der Waals surface area contributed by atoms with E-state index in [0.717, 1.165) is 4.47 Å². The molecule has 138 valence electrons. The largest absolute Gasteiger partial charge is 0.482 e. The van der Waals surface area contributed by atoms with Crippen molar-refractivity contribution in [3.05, 3.63) is 55.9 Å². The van der Waals surface area contributed by atoms with Gasteiger partial charge in [-0.1, -0.05) is 56.8 Å². The van der Waals surface area contributed by atoms with Gasteiger partial charge in [-0.3, -0.25) is 9.59 Å². The molecule has 0 atom stereocenters. The maximum atomic E-state index is 12.1. The van der Waals surface area contributed by atoms with Crippen LogP contribution in [0.3, 0.4) is 0 Å². The van der Waals surface area contributed by atoms with E-state index in [1.807, 2.05) is 0 Å². The molecule has 9 heteroatoms. The first-order valence-corrected chi connectivity index (χ1v) is 9.26. The molecular formula is C17H14BrCl3N2O3. The van der Waals surface area contributed by atoms with E-state index in [-0.39, 0.29) is 19.1 Å². The first kappa shape index (κ1) is 20.8. The van der Waals surface area contributed by atoms with E-state index in [1.165, 1.54) is 11.9 Å². The SMILES string of the molecule is CN(CC(=O)Nc1c(Cl)cccc1Cl)C(=O)COc1ccc(Br)cc1Cl. The molecule has 0 radical (unpaired) electrons. The van der Waals surface area contributed by atoms with Crippen LogP contribution in [0, 0.1) is 0 Å². The third-order valence-electron chi connectivity index (χ3n) is 3.28. The number of rotatable bonds is 6. The van der Waals surface area contributed by atoms with Crippen LogP contribution in [0.5, 0.6) is 5.75 Å². The number of halogens is 4. The lowest BCUT2D eigenvalue weighted by molar-refractivity contribution is -0.135. The summed E-state index contributed by atoms with van der Waals surface area (Å²) < 4.78 is 6.19. The van der Waals surface area contributed by atoms with Crippen molar-refractivity contribution in [3.8, 4) is 5.75 Å². The smallest absolute Gasteiger partial charge is 0.260 e. The standard InChI is InChI=1S/C17H14BrCl3N2O3/c1-23(8-15(24)22-17-11(19)3-2-4-12(17)20)16(25)9-26-14-6-5-10(18)7-13(14)21/h2-7H,8-9H2,1H3,(H,22,24). The van der Waals surface area contributed by atoms with E-state index in [2.05, 4.69) is 21.2 Å². The normalized spacial score (nSPS) is 10.3. The summed E-state index contributed by atoms with van der Waals surface area (Å²) in [6.07, 6.45) is 0. The lowest BCUT2D eigenvalue weighted by Gasteiger charge is -2.18. The van der Waals surface area contributed by atoms with Gasteiger partial charge >= 0.3 is 0 Å². The van der Waals surface area contributed by atoms with E-state index < -0.39 is 5.91 Å². The van der Waals surface area contributed by atoms with Crippen LogP contribution in [0.2, 0.25) is 15.1 Å². The number of nitrogens with one attached hydrogen (secondary N) is 1. The lowest BCUT2D eigenvalue weighted by Crippen LogP contribution is -2.37. The van der Waals surface area contributed by atoms with Crippen LogP contribution in [0.25, 0.3) is 0 Å². The molecule has 0 aliphatic rings. The van der Waals surface area contributed by atoms with Gasteiger partial charge < -0.3 is 15.0 Å². The predicted molar refractivity (Wildman–Crippen MR) is 107 cm³/mol. The highest BCUT2D eigenvalue weighted by atomic mass is 79.9. The average Bonchev–Trinajstić information content (AvgIpc) is 2.57. The molecule has 2 aromatic rings. The van der Waals surface area contributed by atoms with Crippen molar-refractivity contribution in [2.24, 2.45) is 0 Å². The summed E-state index contributed by atoms with van der Waals surface area (Å²) >= 11 is 21.3. The van der Waals surface area contributed by atoms with Crippen LogP contribution >= 0.6 is 50.7 Å². The molecule has 0 spiro atoms. The van der Waals surface area contributed by atoms with Gasteiger partial charge in [-0.15, -0.1) is 0 Å². The minimum Gasteiger partial charge on any atom is -0.482 e. The highest BCUT2D eigenvalue weighted by Crippen LogP contribution is 2.30. The Morgan fingerprint density at radius 1 is 1.12 bits per heavy atom. The molecule has 2 amide bonds. The number of likely N-dealkylation sites (N-methyl/N-ethyl adjacent to an activating group) is 1. The minimum atomic E-state index is -0.433. The Kier molecular flexibility index (Phi) is 7.58. The van der Waals surface area contributed by atoms with Crippen LogP contribution in [-0.2, 0) is 9.59 Å². The number of hydrogen-bond donors (Lipinski definition) is 1. The van der Waals surface area contributed by atoms with Gasteiger partial charge in [-0.2, -0.15) is 0 Å². The molecule has 0 unspecified atom stereocenters. The molecule has 2 aromatic carbocycles. The van der Waals surface area contributed by atoms with E-state index in [0.29, 0.717) is 26.5 Å². The fraction of sp³-hybridized carbons (Fsp3) is 0.176. The van der Waals surface area contributed by atoms with Gasteiger partial charge in [-0.05, 0) is 30.3 Å². The summed E-state index contributed by atoms with van der Waals surface area (Å²) in [6, 6.07) is 9.93. The number of benzene rings is 2. The van der Waals surface area contributed by atoms with Crippen molar-refractivity contribution in [3.63, 3.8) is 0 Å². The zero-order valence-corrected chi connectivity index (χ0v) is 17.4.